The van der Waals surface area contributed by atoms with Crippen LogP contribution in [0.15, 0.2) is 60.7 Å². The maximum atomic E-state index is 10.8. The average molecular weight is 421 g/mol. The van der Waals surface area contributed by atoms with Gasteiger partial charge in [0.15, 0.2) is 0 Å². The molecule has 0 radical (unpaired) electrons. The highest BCUT2D eigenvalue weighted by Gasteiger charge is 2.53. The highest BCUT2D eigenvalue weighted by Crippen LogP contribution is 2.57. The van der Waals surface area contributed by atoms with Crippen molar-refractivity contribution in [3.05, 3.63) is 71.8 Å². The normalized spacial score (nSPS) is 36.8. The molecule has 2 nitrogen and oxygen atoms in total. The molecule has 2 aliphatic carbocycles. The van der Waals surface area contributed by atoms with Gasteiger partial charge in [0.1, 0.15) is 0 Å². The van der Waals surface area contributed by atoms with Crippen LogP contribution < -0.4 is 0 Å². The minimum Gasteiger partial charge on any atom is -0.393 e. The van der Waals surface area contributed by atoms with Crippen LogP contribution in [0.2, 0.25) is 0 Å². The zero-order valence-corrected chi connectivity index (χ0v) is 19.6. The van der Waals surface area contributed by atoms with Gasteiger partial charge in [-0.05, 0) is 72.3 Å². The van der Waals surface area contributed by atoms with E-state index in [9.17, 15) is 10.2 Å². The van der Waals surface area contributed by atoms with Crippen molar-refractivity contribution < 1.29 is 10.2 Å². The van der Waals surface area contributed by atoms with E-state index < -0.39 is 0 Å². The van der Waals surface area contributed by atoms with Gasteiger partial charge in [-0.25, -0.2) is 0 Å². The Morgan fingerprint density at radius 2 is 0.839 bits per heavy atom. The molecule has 2 fully saturated rings. The molecule has 0 aliphatic heterocycles. The zero-order valence-electron chi connectivity index (χ0n) is 19.6. The molecule has 0 bridgehead atoms. The van der Waals surface area contributed by atoms with Crippen molar-refractivity contribution in [2.45, 2.75) is 71.0 Å². The van der Waals surface area contributed by atoms with Gasteiger partial charge in [-0.2, -0.15) is 0 Å². The molecule has 4 atom stereocenters. The van der Waals surface area contributed by atoms with Crippen LogP contribution in [0, 0.1) is 35.5 Å². The fraction of sp³-hybridized carbons (Fsp3) is 0.586. The molecule has 0 saturated heterocycles. The first kappa shape index (κ1) is 22.6. The number of aliphatic hydroxyl groups excluding tert-OH is 2. The van der Waals surface area contributed by atoms with Crippen LogP contribution in [-0.4, -0.2) is 22.4 Å². The van der Waals surface area contributed by atoms with Gasteiger partial charge < -0.3 is 10.2 Å². The van der Waals surface area contributed by atoms with E-state index in [2.05, 4.69) is 88.4 Å². The standard InChI is InChI=1S/C29H40O2/c1-19-15-25(16-20(2)27(19)30)29(23-11-7-5-8-12-23,24-13-9-6-10-14-24)26-17-21(3)28(31)22(4)18-26/h5-14,19-22,25-28,30-31H,15-18H2,1-4H3. The summed E-state index contributed by atoms with van der Waals surface area (Å²) in [5.41, 5.74) is 2.71. The number of benzene rings is 2. The van der Waals surface area contributed by atoms with Crippen LogP contribution in [0.3, 0.4) is 0 Å². The van der Waals surface area contributed by atoms with E-state index in [0.29, 0.717) is 35.5 Å². The van der Waals surface area contributed by atoms with E-state index in [1.165, 1.54) is 11.1 Å². The van der Waals surface area contributed by atoms with E-state index in [1.54, 1.807) is 0 Å². The van der Waals surface area contributed by atoms with Crippen LogP contribution in [0.4, 0.5) is 0 Å². The monoisotopic (exact) mass is 420 g/mol. The Bertz CT molecular complexity index is 737. The predicted molar refractivity (Wildman–Crippen MR) is 128 cm³/mol. The molecule has 2 N–H and O–H groups in total. The Morgan fingerprint density at radius 1 is 0.548 bits per heavy atom. The first-order valence-corrected chi connectivity index (χ1v) is 12.3. The summed E-state index contributed by atoms with van der Waals surface area (Å²) in [4.78, 5) is 0. The number of rotatable bonds is 4. The van der Waals surface area contributed by atoms with Crippen LogP contribution in [0.25, 0.3) is 0 Å². The third kappa shape index (κ3) is 3.98. The molecule has 4 unspecified atom stereocenters. The minimum absolute atomic E-state index is 0.103. The minimum atomic E-state index is -0.216. The van der Waals surface area contributed by atoms with Crippen molar-refractivity contribution in [2.75, 3.05) is 0 Å². The van der Waals surface area contributed by atoms with Crippen LogP contribution in [0.1, 0.15) is 64.5 Å². The Kier molecular flexibility index (Phi) is 6.60. The highest BCUT2D eigenvalue weighted by molar-refractivity contribution is 5.42. The fourth-order valence-corrected chi connectivity index (χ4v) is 7.28. The third-order valence-corrected chi connectivity index (χ3v) is 8.75. The van der Waals surface area contributed by atoms with Crippen LogP contribution in [-0.2, 0) is 5.41 Å². The van der Waals surface area contributed by atoms with Crippen molar-refractivity contribution in [2.24, 2.45) is 35.5 Å². The molecule has 0 aromatic heterocycles. The molecule has 0 amide bonds. The molecule has 0 heterocycles. The van der Waals surface area contributed by atoms with Crippen molar-refractivity contribution >= 4 is 0 Å². The van der Waals surface area contributed by atoms with Gasteiger partial charge in [0.25, 0.3) is 0 Å². The zero-order chi connectivity index (χ0) is 22.2. The maximum Gasteiger partial charge on any atom is 0.0591 e. The number of hydrogen-bond donors (Lipinski definition) is 2. The van der Waals surface area contributed by atoms with Crippen molar-refractivity contribution in [3.63, 3.8) is 0 Å². The molecular weight excluding hydrogens is 380 g/mol. The Labute approximate surface area is 188 Å². The summed E-state index contributed by atoms with van der Waals surface area (Å²) in [6.45, 7) is 8.90. The van der Waals surface area contributed by atoms with Gasteiger partial charge in [-0.3, -0.25) is 0 Å². The first-order valence-electron chi connectivity index (χ1n) is 12.3. The Morgan fingerprint density at radius 3 is 1.13 bits per heavy atom. The summed E-state index contributed by atoms with van der Waals surface area (Å²) >= 11 is 0. The fourth-order valence-electron chi connectivity index (χ4n) is 7.28. The molecule has 168 valence electrons. The molecule has 2 aromatic carbocycles. The van der Waals surface area contributed by atoms with Gasteiger partial charge in [0, 0.05) is 5.41 Å². The van der Waals surface area contributed by atoms with E-state index in [0.717, 1.165) is 25.7 Å². The summed E-state index contributed by atoms with van der Waals surface area (Å²) in [5.74, 6) is 2.11. The summed E-state index contributed by atoms with van der Waals surface area (Å²) in [6, 6.07) is 22.3. The molecule has 2 saturated carbocycles. The van der Waals surface area contributed by atoms with Crippen LogP contribution >= 0.6 is 0 Å². The van der Waals surface area contributed by atoms with Crippen molar-refractivity contribution in [1.82, 2.24) is 0 Å². The Balaban J connectivity index is 1.92. The van der Waals surface area contributed by atoms with Crippen molar-refractivity contribution in [3.8, 4) is 0 Å². The van der Waals surface area contributed by atoms with E-state index >= 15 is 0 Å². The number of aliphatic hydroxyl groups is 2. The summed E-state index contributed by atoms with van der Waals surface area (Å²) in [5, 5.41) is 21.5. The van der Waals surface area contributed by atoms with E-state index in [1.807, 2.05) is 0 Å². The van der Waals surface area contributed by atoms with Gasteiger partial charge in [0.2, 0.25) is 0 Å². The van der Waals surface area contributed by atoms with E-state index in [-0.39, 0.29) is 17.6 Å². The molecule has 0 spiro atoms. The lowest BCUT2D eigenvalue weighted by atomic mass is 9.50. The lowest BCUT2D eigenvalue weighted by Crippen LogP contribution is -2.52. The molecule has 2 heteroatoms. The SMILES string of the molecule is CC1CC(C(c2ccccc2)(c2ccccc2)C2CC(C)C(O)C(C)C2)CC(C)C1O. The predicted octanol–water partition coefficient (Wildman–Crippen LogP) is 6.06. The summed E-state index contributed by atoms with van der Waals surface area (Å²) in [7, 11) is 0. The van der Waals surface area contributed by atoms with Crippen LogP contribution in [0.5, 0.6) is 0 Å². The second-order valence-electron chi connectivity index (χ2n) is 10.8. The summed E-state index contributed by atoms with van der Waals surface area (Å²) < 4.78 is 0. The molecular formula is C29H40O2. The lowest BCUT2D eigenvalue weighted by molar-refractivity contribution is -0.0411. The van der Waals surface area contributed by atoms with Gasteiger partial charge in [0.05, 0.1) is 12.2 Å². The van der Waals surface area contributed by atoms with E-state index in [4.69, 9.17) is 0 Å². The molecule has 2 aliphatic rings. The smallest absolute Gasteiger partial charge is 0.0591 e. The number of hydrogen-bond acceptors (Lipinski definition) is 2. The lowest BCUT2D eigenvalue weighted by Gasteiger charge is -2.55. The quantitative estimate of drug-likeness (QED) is 0.631. The van der Waals surface area contributed by atoms with Gasteiger partial charge >= 0.3 is 0 Å². The Hall–Kier alpha value is -1.64. The average Bonchev–Trinajstić information content (AvgIpc) is 2.77. The second-order valence-corrected chi connectivity index (χ2v) is 10.8. The molecule has 4 rings (SSSR count). The largest absolute Gasteiger partial charge is 0.393 e. The van der Waals surface area contributed by atoms with Crippen molar-refractivity contribution in [1.29, 1.82) is 0 Å². The third-order valence-electron chi connectivity index (χ3n) is 8.75. The molecule has 31 heavy (non-hydrogen) atoms. The highest BCUT2D eigenvalue weighted by atomic mass is 16.3. The van der Waals surface area contributed by atoms with Gasteiger partial charge in [-0.15, -0.1) is 0 Å². The van der Waals surface area contributed by atoms with Gasteiger partial charge in [-0.1, -0.05) is 88.4 Å². The topological polar surface area (TPSA) is 40.5 Å². The maximum absolute atomic E-state index is 10.8. The second kappa shape index (κ2) is 9.08. The molecule has 2 aromatic rings. The first-order chi connectivity index (χ1) is 14.9. The summed E-state index contributed by atoms with van der Waals surface area (Å²) in [6.07, 6.45) is 3.72.